The van der Waals surface area contributed by atoms with E-state index in [1.54, 1.807) is 21.6 Å². The minimum atomic E-state index is -0.858. The number of carbonyl (C=O) groups excluding carboxylic acids is 2. The van der Waals surface area contributed by atoms with E-state index in [4.69, 9.17) is 5.11 Å². The van der Waals surface area contributed by atoms with Gasteiger partial charge < -0.3 is 15.7 Å². The first-order valence-corrected chi connectivity index (χ1v) is 9.71. The monoisotopic (exact) mass is 340 g/mol. The van der Waals surface area contributed by atoms with Gasteiger partial charge in [-0.05, 0) is 0 Å². The zero-order valence-electron chi connectivity index (χ0n) is 11.3. The molecular formula is C11H20N2O4S3. The second kappa shape index (κ2) is 13.4. The normalized spacial score (nSPS) is 10.1. The maximum atomic E-state index is 11.4. The number of hydrogen-bond donors (Lipinski definition) is 3. The number of thioether (sulfide) groups is 1. The van der Waals surface area contributed by atoms with Crippen molar-refractivity contribution in [1.82, 2.24) is 10.6 Å². The Balaban J connectivity index is 3.23. The highest BCUT2D eigenvalue weighted by Crippen LogP contribution is 2.19. The van der Waals surface area contributed by atoms with Crippen LogP contribution in [0, 0.1) is 0 Å². The fourth-order valence-corrected chi connectivity index (χ4v) is 3.49. The smallest absolute Gasteiger partial charge is 0.313 e. The average Bonchev–Trinajstić information content (AvgIpc) is 2.37. The van der Waals surface area contributed by atoms with Gasteiger partial charge >= 0.3 is 5.97 Å². The molecule has 0 aromatic rings. The molecule has 0 bridgehead atoms. The van der Waals surface area contributed by atoms with E-state index < -0.39 is 5.97 Å². The van der Waals surface area contributed by atoms with Crippen molar-refractivity contribution in [2.75, 3.05) is 36.1 Å². The number of carboxylic acids is 1. The van der Waals surface area contributed by atoms with Crippen molar-refractivity contribution in [3.05, 3.63) is 0 Å². The van der Waals surface area contributed by atoms with Gasteiger partial charge in [-0.2, -0.15) is 0 Å². The molecular weight excluding hydrogens is 320 g/mol. The van der Waals surface area contributed by atoms with Crippen molar-refractivity contribution >= 4 is 51.1 Å². The lowest BCUT2D eigenvalue weighted by Gasteiger charge is -2.05. The number of hydrogen-bond acceptors (Lipinski definition) is 6. The molecule has 0 fully saturated rings. The first-order chi connectivity index (χ1) is 9.52. The molecule has 0 saturated heterocycles. The fraction of sp³-hybridized carbons (Fsp3) is 0.727. The first kappa shape index (κ1) is 19.5. The fourth-order valence-electron chi connectivity index (χ4n) is 1.03. The third-order valence-corrected chi connectivity index (χ3v) is 5.20. The number of amides is 2. The zero-order valence-corrected chi connectivity index (χ0v) is 13.8. The maximum absolute atomic E-state index is 11.4. The summed E-state index contributed by atoms with van der Waals surface area (Å²) in [6.07, 6.45) is 0.346. The van der Waals surface area contributed by atoms with E-state index in [1.807, 2.05) is 0 Å². The number of nitrogens with one attached hydrogen (secondary N) is 2. The summed E-state index contributed by atoms with van der Waals surface area (Å²) in [6.45, 7) is 2.74. The van der Waals surface area contributed by atoms with Gasteiger partial charge in [-0.1, -0.05) is 21.6 Å². The highest BCUT2D eigenvalue weighted by atomic mass is 33.1. The van der Waals surface area contributed by atoms with Gasteiger partial charge in [-0.3, -0.25) is 14.4 Å². The molecule has 0 spiro atoms. The quantitative estimate of drug-likeness (QED) is 0.358. The molecule has 0 rings (SSSR count). The number of carboxylic acid groups (broad SMARTS) is 1. The van der Waals surface area contributed by atoms with Gasteiger partial charge in [0.05, 0.1) is 5.75 Å². The molecule has 0 heterocycles. The van der Waals surface area contributed by atoms with Crippen LogP contribution in [0.3, 0.4) is 0 Å². The van der Waals surface area contributed by atoms with Gasteiger partial charge in [-0.15, -0.1) is 11.8 Å². The Morgan fingerprint density at radius 2 is 1.60 bits per heavy atom. The second-order valence-electron chi connectivity index (χ2n) is 3.67. The summed E-state index contributed by atoms with van der Waals surface area (Å²) in [5.74, 6) is 1.27. The predicted octanol–water partition coefficient (Wildman–Crippen LogP) is 0.828. The van der Waals surface area contributed by atoms with E-state index in [2.05, 4.69) is 10.6 Å². The van der Waals surface area contributed by atoms with Crippen LogP contribution >= 0.6 is 33.3 Å². The van der Waals surface area contributed by atoms with Crippen LogP contribution in [0.15, 0.2) is 0 Å². The standard InChI is InChI=1S/C11H20N2O4S3/c1-9(14)12-3-6-19-20-7-4-13-10(15)2-5-18-8-11(16)17/h2-8H2,1H3,(H,12,14)(H,13,15)(H,16,17). The Morgan fingerprint density at radius 1 is 1.00 bits per heavy atom. The average molecular weight is 340 g/mol. The van der Waals surface area contributed by atoms with Crippen LogP contribution in [0.5, 0.6) is 0 Å². The Bertz CT molecular complexity index is 316. The van der Waals surface area contributed by atoms with Crippen LogP contribution in [0.4, 0.5) is 0 Å². The molecule has 0 aliphatic heterocycles. The SMILES string of the molecule is CC(=O)NCCSSCCNC(=O)CCSCC(=O)O. The van der Waals surface area contributed by atoms with Gasteiger partial charge in [0.2, 0.25) is 11.8 Å². The van der Waals surface area contributed by atoms with Gasteiger partial charge in [0.15, 0.2) is 0 Å². The molecule has 0 aliphatic carbocycles. The lowest BCUT2D eigenvalue weighted by atomic mass is 10.4. The van der Waals surface area contributed by atoms with E-state index in [0.29, 0.717) is 25.3 Å². The van der Waals surface area contributed by atoms with Crippen molar-refractivity contribution in [2.24, 2.45) is 0 Å². The minimum Gasteiger partial charge on any atom is -0.481 e. The largest absolute Gasteiger partial charge is 0.481 e. The minimum absolute atomic E-state index is 0.0244. The summed E-state index contributed by atoms with van der Waals surface area (Å²) < 4.78 is 0. The molecule has 0 aromatic carbocycles. The third kappa shape index (κ3) is 15.5. The predicted molar refractivity (Wildman–Crippen MR) is 86.2 cm³/mol. The van der Waals surface area contributed by atoms with Crippen molar-refractivity contribution in [3.63, 3.8) is 0 Å². The summed E-state index contributed by atoms with van der Waals surface area (Å²) in [5, 5.41) is 13.9. The molecule has 116 valence electrons. The van der Waals surface area contributed by atoms with Crippen molar-refractivity contribution in [1.29, 1.82) is 0 Å². The van der Waals surface area contributed by atoms with Crippen LogP contribution in [0.1, 0.15) is 13.3 Å². The van der Waals surface area contributed by atoms with Crippen LogP contribution in [-0.4, -0.2) is 59.0 Å². The first-order valence-electron chi connectivity index (χ1n) is 6.07. The molecule has 0 atom stereocenters. The van der Waals surface area contributed by atoms with Crippen LogP contribution in [0.2, 0.25) is 0 Å². The van der Waals surface area contributed by atoms with Gasteiger partial charge in [-0.25, -0.2) is 0 Å². The summed E-state index contributed by atoms with van der Waals surface area (Å²) >= 11 is 1.24. The Hall–Kier alpha value is -0.540. The second-order valence-corrected chi connectivity index (χ2v) is 7.48. The van der Waals surface area contributed by atoms with Crippen molar-refractivity contribution in [2.45, 2.75) is 13.3 Å². The molecule has 3 N–H and O–H groups in total. The van der Waals surface area contributed by atoms with E-state index in [-0.39, 0.29) is 17.6 Å². The lowest BCUT2D eigenvalue weighted by molar-refractivity contribution is -0.134. The number of carbonyl (C=O) groups is 3. The summed E-state index contributed by atoms with van der Waals surface area (Å²) in [5.41, 5.74) is 0. The molecule has 0 aliphatic rings. The molecule has 2 amide bonds. The topological polar surface area (TPSA) is 95.5 Å². The van der Waals surface area contributed by atoms with E-state index >= 15 is 0 Å². The third-order valence-electron chi connectivity index (χ3n) is 1.85. The van der Waals surface area contributed by atoms with Crippen LogP contribution < -0.4 is 10.6 Å². The molecule has 9 heteroatoms. The van der Waals surface area contributed by atoms with E-state index in [0.717, 1.165) is 11.5 Å². The van der Waals surface area contributed by atoms with Crippen molar-refractivity contribution < 1.29 is 19.5 Å². The zero-order chi connectivity index (χ0) is 15.2. The number of aliphatic carboxylic acids is 1. The highest BCUT2D eigenvalue weighted by Gasteiger charge is 2.02. The van der Waals surface area contributed by atoms with Gasteiger partial charge in [0, 0.05) is 43.7 Å². The maximum Gasteiger partial charge on any atom is 0.313 e. The summed E-state index contributed by atoms with van der Waals surface area (Å²) in [6, 6.07) is 0. The summed E-state index contributed by atoms with van der Waals surface area (Å²) in [7, 11) is 3.30. The Morgan fingerprint density at radius 3 is 2.15 bits per heavy atom. The Labute approximate surface area is 131 Å². The van der Waals surface area contributed by atoms with Crippen LogP contribution in [0.25, 0.3) is 0 Å². The molecule has 0 saturated carbocycles. The molecule has 0 unspecified atom stereocenters. The van der Waals surface area contributed by atoms with Crippen LogP contribution in [-0.2, 0) is 14.4 Å². The van der Waals surface area contributed by atoms with Gasteiger partial charge in [0.25, 0.3) is 0 Å². The van der Waals surface area contributed by atoms with Crippen molar-refractivity contribution in [3.8, 4) is 0 Å². The van der Waals surface area contributed by atoms with E-state index in [1.165, 1.54) is 18.7 Å². The molecule has 6 nitrogen and oxygen atoms in total. The molecule has 20 heavy (non-hydrogen) atoms. The molecule has 0 aromatic heterocycles. The van der Waals surface area contributed by atoms with Gasteiger partial charge in [0.1, 0.15) is 0 Å². The lowest BCUT2D eigenvalue weighted by Crippen LogP contribution is -2.26. The number of rotatable bonds is 12. The summed E-state index contributed by atoms with van der Waals surface area (Å²) in [4.78, 5) is 32.2. The van der Waals surface area contributed by atoms with E-state index in [9.17, 15) is 14.4 Å². The molecule has 0 radical (unpaired) electrons. The highest BCUT2D eigenvalue weighted by molar-refractivity contribution is 8.76. The Kier molecular flexibility index (Phi) is 13.1.